The highest BCUT2D eigenvalue weighted by atomic mass is 32.1. The van der Waals surface area contributed by atoms with Crippen molar-refractivity contribution < 1.29 is 9.53 Å². The molecule has 0 spiro atoms. The van der Waals surface area contributed by atoms with Gasteiger partial charge >= 0.3 is 0 Å². The minimum atomic E-state index is -0.102. The Bertz CT molecular complexity index is 835. The standard InChI is InChI=1S/C19H25N5O2S/c1-12-6-16(26-15-4-5-18(20)14(7-15)8-21-3)10-24(12)11-17-9-22-19(27-17)23-13(2)25/h4-5,7-9,12,16H,6,10-11,20H2,1-3H3,(H,22,23,25)/t12-,16+/m0/s1. The zero-order valence-corrected chi connectivity index (χ0v) is 16.6. The molecule has 1 aromatic heterocycles. The van der Waals surface area contributed by atoms with E-state index < -0.39 is 0 Å². The lowest BCUT2D eigenvalue weighted by Gasteiger charge is -2.19. The van der Waals surface area contributed by atoms with Crippen LogP contribution < -0.4 is 15.8 Å². The number of rotatable bonds is 6. The molecular weight excluding hydrogens is 362 g/mol. The second kappa shape index (κ2) is 8.49. The average Bonchev–Trinajstić information content (AvgIpc) is 3.17. The highest BCUT2D eigenvalue weighted by Crippen LogP contribution is 2.28. The van der Waals surface area contributed by atoms with Gasteiger partial charge in [-0.3, -0.25) is 14.7 Å². The molecule has 1 aromatic carbocycles. The molecule has 8 heteroatoms. The smallest absolute Gasteiger partial charge is 0.223 e. The van der Waals surface area contributed by atoms with Crippen LogP contribution in [0.25, 0.3) is 0 Å². The fourth-order valence-electron chi connectivity index (χ4n) is 3.21. The molecule has 27 heavy (non-hydrogen) atoms. The van der Waals surface area contributed by atoms with Crippen LogP contribution in [0.5, 0.6) is 5.75 Å². The first-order valence-corrected chi connectivity index (χ1v) is 9.71. The van der Waals surface area contributed by atoms with Gasteiger partial charge in [-0.25, -0.2) is 4.98 Å². The molecule has 0 bridgehead atoms. The Morgan fingerprint density at radius 1 is 1.56 bits per heavy atom. The fourth-order valence-corrected chi connectivity index (χ4v) is 4.09. The van der Waals surface area contributed by atoms with Crippen molar-refractivity contribution in [1.82, 2.24) is 9.88 Å². The number of hydrogen-bond acceptors (Lipinski definition) is 7. The van der Waals surface area contributed by atoms with Gasteiger partial charge in [-0.15, -0.1) is 11.3 Å². The molecule has 0 unspecified atom stereocenters. The van der Waals surface area contributed by atoms with Crippen LogP contribution in [0.3, 0.4) is 0 Å². The second-order valence-corrected chi connectivity index (χ2v) is 7.86. The highest BCUT2D eigenvalue weighted by Gasteiger charge is 2.30. The maximum Gasteiger partial charge on any atom is 0.223 e. The number of aromatic nitrogens is 1. The zero-order chi connectivity index (χ0) is 19.4. The molecule has 0 saturated carbocycles. The third kappa shape index (κ3) is 5.05. The molecule has 144 valence electrons. The number of amides is 1. The number of carbonyl (C=O) groups is 1. The van der Waals surface area contributed by atoms with Crippen LogP contribution in [0.15, 0.2) is 29.4 Å². The van der Waals surface area contributed by atoms with Crippen LogP contribution in [0.4, 0.5) is 10.8 Å². The number of nitrogens with two attached hydrogens (primary N) is 1. The Morgan fingerprint density at radius 3 is 3.11 bits per heavy atom. The van der Waals surface area contributed by atoms with Crippen LogP contribution in [-0.2, 0) is 11.3 Å². The Labute approximate surface area is 163 Å². The summed E-state index contributed by atoms with van der Waals surface area (Å²) < 4.78 is 6.19. The number of thiazole rings is 1. The summed E-state index contributed by atoms with van der Waals surface area (Å²) in [5, 5.41) is 3.37. The van der Waals surface area contributed by atoms with Crippen molar-refractivity contribution in [3.63, 3.8) is 0 Å². The van der Waals surface area contributed by atoms with E-state index in [2.05, 4.69) is 27.1 Å². The minimum Gasteiger partial charge on any atom is -0.489 e. The number of hydrogen-bond donors (Lipinski definition) is 2. The van der Waals surface area contributed by atoms with Gasteiger partial charge in [0, 0.05) is 68.1 Å². The van der Waals surface area contributed by atoms with Gasteiger partial charge < -0.3 is 15.8 Å². The first-order valence-electron chi connectivity index (χ1n) is 8.89. The average molecular weight is 388 g/mol. The Kier molecular flexibility index (Phi) is 6.08. The van der Waals surface area contributed by atoms with E-state index in [1.807, 2.05) is 24.4 Å². The number of likely N-dealkylation sites (tertiary alicyclic amines) is 1. The fraction of sp³-hybridized carbons (Fsp3) is 0.421. The summed E-state index contributed by atoms with van der Waals surface area (Å²) in [5.41, 5.74) is 7.52. The van der Waals surface area contributed by atoms with Gasteiger partial charge in [0.25, 0.3) is 0 Å². The van der Waals surface area contributed by atoms with Gasteiger partial charge in [0.15, 0.2) is 5.13 Å². The van der Waals surface area contributed by atoms with E-state index in [9.17, 15) is 4.79 Å². The van der Waals surface area contributed by atoms with E-state index in [1.54, 1.807) is 13.3 Å². The Balaban J connectivity index is 1.60. The van der Waals surface area contributed by atoms with Gasteiger partial charge in [0.2, 0.25) is 5.91 Å². The monoisotopic (exact) mass is 387 g/mol. The minimum absolute atomic E-state index is 0.102. The molecule has 2 heterocycles. The summed E-state index contributed by atoms with van der Waals surface area (Å²) in [6, 6.07) is 6.09. The number of carbonyl (C=O) groups excluding carboxylic acids is 1. The SMILES string of the molecule is CN=Cc1cc(O[C@@H]2C[C@H](C)N(Cc3cnc(NC(C)=O)s3)C2)ccc1N. The summed E-state index contributed by atoms with van der Waals surface area (Å²) in [4.78, 5) is 22.9. The number of nitrogens with one attached hydrogen (secondary N) is 1. The van der Waals surface area contributed by atoms with Crippen molar-refractivity contribution in [3.05, 3.63) is 34.8 Å². The topological polar surface area (TPSA) is 92.8 Å². The van der Waals surface area contributed by atoms with Gasteiger partial charge in [-0.05, 0) is 25.1 Å². The van der Waals surface area contributed by atoms with E-state index in [0.717, 1.165) is 35.7 Å². The Hall–Kier alpha value is -2.45. The van der Waals surface area contributed by atoms with Crippen molar-refractivity contribution in [3.8, 4) is 5.75 Å². The van der Waals surface area contributed by atoms with Crippen LogP contribution in [0, 0.1) is 0 Å². The number of nitrogen functional groups attached to an aromatic ring is 1. The molecule has 2 atom stereocenters. The third-order valence-corrected chi connectivity index (χ3v) is 5.39. The lowest BCUT2D eigenvalue weighted by atomic mass is 10.2. The molecule has 2 aromatic rings. The zero-order valence-electron chi connectivity index (χ0n) is 15.8. The van der Waals surface area contributed by atoms with Gasteiger partial charge in [0.05, 0.1) is 0 Å². The summed E-state index contributed by atoms with van der Waals surface area (Å²) in [5.74, 6) is 0.707. The molecule has 1 amide bonds. The molecule has 1 aliphatic heterocycles. The van der Waals surface area contributed by atoms with Crippen molar-refractivity contribution in [2.75, 3.05) is 24.6 Å². The predicted molar refractivity (Wildman–Crippen MR) is 110 cm³/mol. The lowest BCUT2D eigenvalue weighted by Crippen LogP contribution is -2.27. The predicted octanol–water partition coefficient (Wildman–Crippen LogP) is 2.77. The summed E-state index contributed by atoms with van der Waals surface area (Å²) >= 11 is 1.51. The van der Waals surface area contributed by atoms with Crippen LogP contribution in [0.2, 0.25) is 0 Å². The first kappa shape index (κ1) is 19.3. The molecule has 7 nitrogen and oxygen atoms in total. The number of benzene rings is 1. The Morgan fingerprint density at radius 2 is 2.37 bits per heavy atom. The summed E-state index contributed by atoms with van der Waals surface area (Å²) in [6.07, 6.45) is 4.65. The van der Waals surface area contributed by atoms with Gasteiger partial charge in [0.1, 0.15) is 11.9 Å². The first-order chi connectivity index (χ1) is 12.9. The van der Waals surface area contributed by atoms with Crippen LogP contribution >= 0.6 is 11.3 Å². The quantitative estimate of drug-likeness (QED) is 0.587. The van der Waals surface area contributed by atoms with Gasteiger partial charge in [-0.2, -0.15) is 0 Å². The van der Waals surface area contributed by atoms with Crippen molar-refractivity contribution in [1.29, 1.82) is 0 Å². The van der Waals surface area contributed by atoms with Crippen LogP contribution in [-0.4, -0.2) is 47.7 Å². The second-order valence-electron chi connectivity index (χ2n) is 6.74. The van der Waals surface area contributed by atoms with E-state index in [1.165, 1.54) is 18.3 Å². The number of anilines is 2. The highest BCUT2D eigenvalue weighted by molar-refractivity contribution is 7.15. The lowest BCUT2D eigenvalue weighted by molar-refractivity contribution is -0.114. The molecule has 0 aliphatic carbocycles. The molecule has 3 rings (SSSR count). The maximum atomic E-state index is 11.1. The molecule has 1 fully saturated rings. The summed E-state index contributed by atoms with van der Waals surface area (Å²) in [6.45, 7) is 5.33. The largest absolute Gasteiger partial charge is 0.489 e. The maximum absolute atomic E-state index is 11.1. The normalized spacial score (nSPS) is 20.3. The molecule has 1 aliphatic rings. The third-order valence-electron chi connectivity index (χ3n) is 4.49. The number of ether oxygens (including phenoxy) is 1. The van der Waals surface area contributed by atoms with E-state index in [0.29, 0.717) is 16.9 Å². The number of nitrogens with zero attached hydrogens (tertiary/aromatic N) is 3. The van der Waals surface area contributed by atoms with E-state index in [4.69, 9.17) is 10.5 Å². The molecular formula is C19H25N5O2S. The van der Waals surface area contributed by atoms with Gasteiger partial charge in [-0.1, -0.05) is 0 Å². The van der Waals surface area contributed by atoms with Crippen LogP contribution in [0.1, 0.15) is 30.7 Å². The molecule has 1 saturated heterocycles. The van der Waals surface area contributed by atoms with Crippen molar-refractivity contribution in [2.24, 2.45) is 4.99 Å². The van der Waals surface area contributed by atoms with E-state index in [-0.39, 0.29) is 12.0 Å². The number of aliphatic imine (C=N–C) groups is 1. The van der Waals surface area contributed by atoms with Crippen molar-refractivity contribution in [2.45, 2.75) is 39.0 Å². The van der Waals surface area contributed by atoms with Crippen molar-refractivity contribution >= 4 is 34.3 Å². The molecule has 3 N–H and O–H groups in total. The van der Waals surface area contributed by atoms with E-state index >= 15 is 0 Å². The summed E-state index contributed by atoms with van der Waals surface area (Å²) in [7, 11) is 1.72. The molecule has 0 radical (unpaired) electrons.